The van der Waals surface area contributed by atoms with Crippen LogP contribution in [-0.4, -0.2) is 23.5 Å². The van der Waals surface area contributed by atoms with Crippen molar-refractivity contribution in [3.8, 4) is 5.75 Å². The van der Waals surface area contributed by atoms with E-state index in [0.29, 0.717) is 0 Å². The van der Waals surface area contributed by atoms with Crippen molar-refractivity contribution < 1.29 is 9.47 Å². The first kappa shape index (κ1) is 11.0. The van der Waals surface area contributed by atoms with Crippen LogP contribution in [0.15, 0.2) is 12.4 Å². The largest absolute Gasteiger partial charge is 0.467 e. The molecular formula is C12H16N2O2. The summed E-state index contributed by atoms with van der Waals surface area (Å²) in [6.07, 6.45) is 1.82. The Labute approximate surface area is 94.8 Å². The average molecular weight is 220 g/mol. The predicted octanol–water partition coefficient (Wildman–Crippen LogP) is 2.17. The van der Waals surface area contributed by atoms with E-state index in [1.165, 1.54) is 0 Å². The Morgan fingerprint density at radius 3 is 2.75 bits per heavy atom. The Kier molecular flexibility index (Phi) is 2.83. The minimum atomic E-state index is 0.267. The average Bonchev–Trinajstić information content (AvgIpc) is 2.64. The number of benzene rings is 1. The summed E-state index contributed by atoms with van der Waals surface area (Å²) in [6.45, 7) is 4.36. The summed E-state index contributed by atoms with van der Waals surface area (Å²) in [7, 11) is 3.59. The molecule has 16 heavy (non-hydrogen) atoms. The molecule has 0 saturated heterocycles. The van der Waals surface area contributed by atoms with E-state index in [4.69, 9.17) is 9.47 Å². The maximum Gasteiger partial charge on any atom is 0.188 e. The highest BCUT2D eigenvalue weighted by Crippen LogP contribution is 2.28. The van der Waals surface area contributed by atoms with Gasteiger partial charge in [-0.15, -0.1) is 0 Å². The molecule has 0 aliphatic carbocycles. The third-order valence-corrected chi connectivity index (χ3v) is 2.87. The summed E-state index contributed by atoms with van der Waals surface area (Å²) in [5.74, 6) is 0.857. The smallest absolute Gasteiger partial charge is 0.188 e. The van der Waals surface area contributed by atoms with E-state index < -0.39 is 0 Å². The number of fused-ring (bicyclic) bond motifs is 1. The van der Waals surface area contributed by atoms with Crippen LogP contribution in [0.3, 0.4) is 0 Å². The summed E-state index contributed by atoms with van der Waals surface area (Å²) >= 11 is 0. The highest BCUT2D eigenvalue weighted by atomic mass is 16.7. The Balaban J connectivity index is 2.57. The van der Waals surface area contributed by atoms with Gasteiger partial charge in [-0.2, -0.15) is 0 Å². The van der Waals surface area contributed by atoms with Crippen molar-refractivity contribution >= 4 is 11.0 Å². The Morgan fingerprint density at radius 2 is 2.06 bits per heavy atom. The van der Waals surface area contributed by atoms with Gasteiger partial charge in [0.1, 0.15) is 5.75 Å². The van der Waals surface area contributed by atoms with Gasteiger partial charge in [0.05, 0.1) is 17.4 Å². The van der Waals surface area contributed by atoms with Gasteiger partial charge >= 0.3 is 0 Å². The zero-order valence-electron chi connectivity index (χ0n) is 10.1. The molecule has 0 amide bonds. The molecule has 4 nitrogen and oxygen atoms in total. The van der Waals surface area contributed by atoms with E-state index in [9.17, 15) is 0 Å². The second kappa shape index (κ2) is 4.14. The molecule has 0 saturated carbocycles. The van der Waals surface area contributed by atoms with Crippen LogP contribution in [0.4, 0.5) is 0 Å². The monoisotopic (exact) mass is 220 g/mol. The van der Waals surface area contributed by atoms with Gasteiger partial charge in [-0.1, -0.05) is 0 Å². The Hall–Kier alpha value is -1.55. The predicted molar refractivity (Wildman–Crippen MR) is 62.7 cm³/mol. The molecule has 0 spiro atoms. The van der Waals surface area contributed by atoms with Gasteiger partial charge in [0.15, 0.2) is 6.79 Å². The highest BCUT2D eigenvalue weighted by molar-refractivity contribution is 5.82. The van der Waals surface area contributed by atoms with E-state index >= 15 is 0 Å². The molecule has 0 atom stereocenters. The maximum absolute atomic E-state index is 5.54. The summed E-state index contributed by atoms with van der Waals surface area (Å²) < 4.78 is 12.4. The summed E-state index contributed by atoms with van der Waals surface area (Å²) in [6, 6.07) is 2.00. The van der Waals surface area contributed by atoms with Crippen molar-refractivity contribution in [3.05, 3.63) is 23.5 Å². The molecule has 0 aliphatic rings. The van der Waals surface area contributed by atoms with Crippen LogP contribution in [0, 0.1) is 13.8 Å². The number of methoxy groups -OCH3 is 1. The van der Waals surface area contributed by atoms with Crippen LogP contribution in [0.25, 0.3) is 11.0 Å². The minimum absolute atomic E-state index is 0.267. The first-order valence-corrected chi connectivity index (χ1v) is 5.18. The molecule has 0 unspecified atom stereocenters. The molecule has 86 valence electrons. The van der Waals surface area contributed by atoms with Crippen LogP contribution in [0.5, 0.6) is 5.75 Å². The second-order valence-corrected chi connectivity index (χ2v) is 3.90. The van der Waals surface area contributed by atoms with Crippen molar-refractivity contribution in [3.63, 3.8) is 0 Å². The van der Waals surface area contributed by atoms with Crippen LogP contribution in [-0.2, 0) is 11.8 Å². The van der Waals surface area contributed by atoms with E-state index in [1.54, 1.807) is 7.11 Å². The highest BCUT2D eigenvalue weighted by Gasteiger charge is 2.11. The summed E-state index contributed by atoms with van der Waals surface area (Å²) in [4.78, 5) is 4.38. The first-order valence-electron chi connectivity index (χ1n) is 5.18. The van der Waals surface area contributed by atoms with Crippen molar-refractivity contribution in [2.75, 3.05) is 13.9 Å². The lowest BCUT2D eigenvalue weighted by atomic mass is 10.1. The SMILES string of the molecule is COCOc1cc2c(ncn2C)c(C)c1C. The van der Waals surface area contributed by atoms with E-state index in [-0.39, 0.29) is 6.79 Å². The molecule has 1 aromatic heterocycles. The quantitative estimate of drug-likeness (QED) is 0.744. The standard InChI is InChI=1S/C12H16N2O2/c1-8-9(2)12-10(14(3)6-13-12)5-11(8)16-7-15-4/h5-6H,7H2,1-4H3. The van der Waals surface area contributed by atoms with Gasteiger partial charge in [-0.25, -0.2) is 4.98 Å². The van der Waals surface area contributed by atoms with Gasteiger partial charge in [0.25, 0.3) is 0 Å². The van der Waals surface area contributed by atoms with Crippen molar-refractivity contribution in [1.82, 2.24) is 9.55 Å². The van der Waals surface area contributed by atoms with E-state index in [2.05, 4.69) is 11.9 Å². The molecule has 0 N–H and O–H groups in total. The number of ether oxygens (including phenoxy) is 2. The van der Waals surface area contributed by atoms with Crippen LogP contribution < -0.4 is 4.74 Å². The first-order chi connectivity index (χ1) is 7.65. The molecule has 0 radical (unpaired) electrons. The summed E-state index contributed by atoms with van der Waals surface area (Å²) in [5.41, 5.74) is 4.38. The molecule has 0 bridgehead atoms. The second-order valence-electron chi connectivity index (χ2n) is 3.90. The topological polar surface area (TPSA) is 36.3 Å². The lowest BCUT2D eigenvalue weighted by molar-refractivity contribution is 0.0507. The third-order valence-electron chi connectivity index (χ3n) is 2.87. The fraction of sp³-hybridized carbons (Fsp3) is 0.417. The zero-order valence-corrected chi connectivity index (χ0v) is 10.1. The zero-order chi connectivity index (χ0) is 11.7. The molecule has 0 aliphatic heterocycles. The number of hydrogen-bond donors (Lipinski definition) is 0. The molecule has 4 heteroatoms. The van der Waals surface area contributed by atoms with Crippen LogP contribution >= 0.6 is 0 Å². The van der Waals surface area contributed by atoms with Crippen LogP contribution in [0.2, 0.25) is 0 Å². The normalized spacial score (nSPS) is 11.0. The number of hydrogen-bond acceptors (Lipinski definition) is 3. The van der Waals surface area contributed by atoms with Crippen molar-refractivity contribution in [2.45, 2.75) is 13.8 Å². The number of aryl methyl sites for hydroxylation is 2. The minimum Gasteiger partial charge on any atom is -0.467 e. The summed E-state index contributed by atoms with van der Waals surface area (Å²) in [5, 5.41) is 0. The van der Waals surface area contributed by atoms with Gasteiger partial charge in [-0.3, -0.25) is 0 Å². The molecule has 2 rings (SSSR count). The fourth-order valence-electron chi connectivity index (χ4n) is 1.77. The Morgan fingerprint density at radius 1 is 1.31 bits per heavy atom. The molecule has 2 aromatic rings. The van der Waals surface area contributed by atoms with Crippen LogP contribution in [0.1, 0.15) is 11.1 Å². The maximum atomic E-state index is 5.54. The van der Waals surface area contributed by atoms with Crippen molar-refractivity contribution in [1.29, 1.82) is 0 Å². The number of nitrogens with zero attached hydrogens (tertiary/aromatic N) is 2. The van der Waals surface area contributed by atoms with Gasteiger partial charge < -0.3 is 14.0 Å². The Bertz CT molecular complexity index is 517. The molecule has 1 aromatic carbocycles. The van der Waals surface area contributed by atoms with E-state index in [1.807, 2.05) is 30.9 Å². The lowest BCUT2D eigenvalue weighted by Gasteiger charge is -2.11. The number of rotatable bonds is 3. The van der Waals surface area contributed by atoms with E-state index in [0.717, 1.165) is 27.9 Å². The molecule has 1 heterocycles. The van der Waals surface area contributed by atoms with Gasteiger partial charge in [0.2, 0.25) is 0 Å². The molecular weight excluding hydrogens is 204 g/mol. The number of aromatic nitrogens is 2. The fourth-order valence-corrected chi connectivity index (χ4v) is 1.77. The lowest BCUT2D eigenvalue weighted by Crippen LogP contribution is -2.02. The number of imidazole rings is 1. The van der Waals surface area contributed by atoms with Gasteiger partial charge in [0, 0.05) is 20.2 Å². The van der Waals surface area contributed by atoms with Gasteiger partial charge in [-0.05, 0) is 25.0 Å². The van der Waals surface area contributed by atoms with Crippen molar-refractivity contribution in [2.24, 2.45) is 7.05 Å². The third kappa shape index (κ3) is 1.65. The molecule has 0 fully saturated rings.